The summed E-state index contributed by atoms with van der Waals surface area (Å²) in [7, 11) is 2.16. The molecule has 126 valence electrons. The first-order chi connectivity index (χ1) is 11.6. The van der Waals surface area contributed by atoms with Gasteiger partial charge in [-0.25, -0.2) is 9.98 Å². The molecule has 24 heavy (non-hydrogen) atoms. The summed E-state index contributed by atoms with van der Waals surface area (Å²) in [6.45, 7) is 6.13. The molecule has 0 atom stereocenters. The number of benzene rings is 1. The number of thiazole rings is 1. The van der Waals surface area contributed by atoms with Crippen molar-refractivity contribution in [2.75, 3.05) is 38.5 Å². The first-order valence-electron chi connectivity index (χ1n) is 8.23. The number of nitrogens with zero attached hydrogens (tertiary/aromatic N) is 4. The minimum absolute atomic E-state index is 0.699. The summed E-state index contributed by atoms with van der Waals surface area (Å²) in [5.41, 5.74) is 2.82. The van der Waals surface area contributed by atoms with Gasteiger partial charge in [-0.15, -0.1) is 11.3 Å². The molecule has 0 radical (unpaired) electrons. The molecule has 2 aliphatic rings. The fourth-order valence-electron chi connectivity index (χ4n) is 2.98. The van der Waals surface area contributed by atoms with Crippen LogP contribution in [0.15, 0.2) is 23.2 Å². The third-order valence-corrected chi connectivity index (χ3v) is 5.77. The van der Waals surface area contributed by atoms with E-state index in [1.165, 1.54) is 0 Å². The fraction of sp³-hybridized carbons (Fsp3) is 0.412. The molecule has 7 heteroatoms. The second-order valence-corrected chi connectivity index (χ2v) is 7.67. The molecule has 0 spiro atoms. The van der Waals surface area contributed by atoms with Crippen LogP contribution in [-0.4, -0.2) is 53.8 Å². The van der Waals surface area contributed by atoms with Crippen LogP contribution < -0.4 is 5.32 Å². The minimum Gasteiger partial charge on any atom is -0.352 e. The standard InChI is InChI=1S/C17H20ClN5S/c1-3-14-21-15-16(23-8-6-22(2)7-9-23)19-13-10-11(18)4-5-12(13)20-17(15)24-14/h4-5,10,20H,3,6-9H2,1-2H3. The maximum Gasteiger partial charge on any atom is 0.158 e. The van der Waals surface area contributed by atoms with E-state index in [9.17, 15) is 0 Å². The Morgan fingerprint density at radius 2 is 2.04 bits per heavy atom. The zero-order chi connectivity index (χ0) is 16.7. The second-order valence-electron chi connectivity index (χ2n) is 6.15. The van der Waals surface area contributed by atoms with Crippen molar-refractivity contribution in [3.05, 3.63) is 33.9 Å². The van der Waals surface area contributed by atoms with Crippen molar-refractivity contribution in [1.82, 2.24) is 14.8 Å². The van der Waals surface area contributed by atoms with Crippen molar-refractivity contribution in [3.8, 4) is 0 Å². The van der Waals surface area contributed by atoms with E-state index in [1.54, 1.807) is 11.3 Å². The lowest BCUT2D eigenvalue weighted by Crippen LogP contribution is -2.47. The number of piperazine rings is 1. The van der Waals surface area contributed by atoms with E-state index in [1.807, 2.05) is 18.2 Å². The Bertz CT molecular complexity index is 792. The van der Waals surface area contributed by atoms with Crippen LogP contribution in [0.25, 0.3) is 0 Å². The molecule has 0 saturated carbocycles. The molecule has 0 unspecified atom stereocenters. The number of fused-ring (bicyclic) bond motifs is 2. The molecule has 1 aromatic heterocycles. The zero-order valence-electron chi connectivity index (χ0n) is 13.8. The molecule has 1 aromatic carbocycles. The smallest absolute Gasteiger partial charge is 0.158 e. The number of amidine groups is 1. The number of hydrogen-bond donors (Lipinski definition) is 1. The number of nitrogens with one attached hydrogen (secondary N) is 1. The SMILES string of the molecule is CCc1nc2c(s1)Nc1ccc(Cl)cc1N=C2N1CCN(C)CC1. The monoisotopic (exact) mass is 361 g/mol. The number of aliphatic imine (C=N–C) groups is 1. The van der Waals surface area contributed by atoms with Crippen molar-refractivity contribution in [1.29, 1.82) is 0 Å². The molecule has 0 bridgehead atoms. The van der Waals surface area contributed by atoms with Gasteiger partial charge in [-0.2, -0.15) is 0 Å². The van der Waals surface area contributed by atoms with E-state index in [0.717, 1.165) is 65.5 Å². The minimum atomic E-state index is 0.699. The van der Waals surface area contributed by atoms with Crippen LogP contribution in [0.2, 0.25) is 5.02 Å². The third-order valence-electron chi connectivity index (χ3n) is 4.42. The highest BCUT2D eigenvalue weighted by molar-refractivity contribution is 7.16. The molecule has 3 heterocycles. The quantitative estimate of drug-likeness (QED) is 0.840. The van der Waals surface area contributed by atoms with Gasteiger partial charge < -0.3 is 15.1 Å². The van der Waals surface area contributed by atoms with Gasteiger partial charge in [0.05, 0.1) is 16.4 Å². The van der Waals surface area contributed by atoms with E-state index < -0.39 is 0 Å². The number of halogens is 1. The van der Waals surface area contributed by atoms with Crippen LogP contribution in [0.1, 0.15) is 17.6 Å². The van der Waals surface area contributed by atoms with Gasteiger partial charge in [-0.3, -0.25) is 0 Å². The number of aromatic nitrogens is 1. The number of hydrogen-bond acceptors (Lipinski definition) is 6. The van der Waals surface area contributed by atoms with Gasteiger partial charge in [-0.1, -0.05) is 18.5 Å². The van der Waals surface area contributed by atoms with Crippen molar-refractivity contribution in [3.63, 3.8) is 0 Å². The Balaban J connectivity index is 1.82. The number of likely N-dealkylation sites (N-methyl/N-ethyl adjacent to an activating group) is 1. The Hall–Kier alpha value is -1.63. The summed E-state index contributed by atoms with van der Waals surface area (Å²) < 4.78 is 0. The molecule has 4 rings (SSSR count). The summed E-state index contributed by atoms with van der Waals surface area (Å²) in [5, 5.41) is 6.41. The predicted molar refractivity (Wildman–Crippen MR) is 101 cm³/mol. The predicted octanol–water partition coefficient (Wildman–Crippen LogP) is 3.74. The number of rotatable bonds is 1. The highest BCUT2D eigenvalue weighted by atomic mass is 35.5. The Morgan fingerprint density at radius 1 is 1.25 bits per heavy atom. The molecule has 2 aromatic rings. The summed E-state index contributed by atoms with van der Waals surface area (Å²) in [6, 6.07) is 5.80. The van der Waals surface area contributed by atoms with E-state index in [-0.39, 0.29) is 0 Å². The highest BCUT2D eigenvalue weighted by Gasteiger charge is 2.27. The maximum atomic E-state index is 6.19. The lowest BCUT2D eigenvalue weighted by atomic mass is 10.2. The first kappa shape index (κ1) is 15.9. The van der Waals surface area contributed by atoms with Gasteiger partial charge in [0.2, 0.25) is 0 Å². The average Bonchev–Trinajstić information content (AvgIpc) is 2.92. The van der Waals surface area contributed by atoms with Crippen LogP contribution in [-0.2, 0) is 6.42 Å². The molecule has 0 aliphatic carbocycles. The summed E-state index contributed by atoms with van der Waals surface area (Å²) in [6.07, 6.45) is 0.933. The van der Waals surface area contributed by atoms with Gasteiger partial charge in [0, 0.05) is 31.2 Å². The molecule has 1 saturated heterocycles. The summed E-state index contributed by atoms with van der Waals surface area (Å²) in [5.74, 6) is 0.961. The normalized spacial score (nSPS) is 17.6. The molecule has 0 amide bonds. The maximum absolute atomic E-state index is 6.19. The van der Waals surface area contributed by atoms with E-state index in [4.69, 9.17) is 21.6 Å². The van der Waals surface area contributed by atoms with Crippen LogP contribution in [0.3, 0.4) is 0 Å². The number of anilines is 2. The van der Waals surface area contributed by atoms with E-state index >= 15 is 0 Å². The van der Waals surface area contributed by atoms with Gasteiger partial charge in [0.1, 0.15) is 10.7 Å². The van der Waals surface area contributed by atoms with Crippen molar-refractivity contribution in [2.24, 2.45) is 4.99 Å². The molecule has 1 N–H and O–H groups in total. The van der Waals surface area contributed by atoms with E-state index in [2.05, 4.69) is 29.1 Å². The van der Waals surface area contributed by atoms with Crippen molar-refractivity contribution in [2.45, 2.75) is 13.3 Å². The Labute approximate surface area is 151 Å². The number of aryl methyl sites for hydroxylation is 1. The van der Waals surface area contributed by atoms with Gasteiger partial charge in [0.25, 0.3) is 0 Å². The summed E-state index contributed by atoms with van der Waals surface area (Å²) >= 11 is 7.90. The lowest BCUT2D eigenvalue weighted by Gasteiger charge is -2.34. The first-order valence-corrected chi connectivity index (χ1v) is 9.42. The summed E-state index contributed by atoms with van der Waals surface area (Å²) in [4.78, 5) is 14.5. The highest BCUT2D eigenvalue weighted by Crippen LogP contribution is 2.39. The van der Waals surface area contributed by atoms with Gasteiger partial charge in [-0.05, 0) is 31.7 Å². The topological polar surface area (TPSA) is 43.8 Å². The van der Waals surface area contributed by atoms with Crippen LogP contribution in [0.5, 0.6) is 0 Å². The molecule has 5 nitrogen and oxygen atoms in total. The lowest BCUT2D eigenvalue weighted by molar-refractivity contribution is 0.215. The van der Waals surface area contributed by atoms with Crippen LogP contribution in [0.4, 0.5) is 16.4 Å². The van der Waals surface area contributed by atoms with Gasteiger partial charge >= 0.3 is 0 Å². The fourth-order valence-corrected chi connectivity index (χ4v) is 4.06. The average molecular weight is 362 g/mol. The zero-order valence-corrected chi connectivity index (χ0v) is 15.4. The van der Waals surface area contributed by atoms with E-state index in [0.29, 0.717) is 5.02 Å². The Kier molecular flexibility index (Phi) is 4.20. The Morgan fingerprint density at radius 3 is 2.79 bits per heavy atom. The molecule has 2 aliphatic heterocycles. The van der Waals surface area contributed by atoms with Crippen LogP contribution in [0, 0.1) is 0 Å². The van der Waals surface area contributed by atoms with Crippen LogP contribution >= 0.6 is 22.9 Å². The van der Waals surface area contributed by atoms with Crippen molar-refractivity contribution >= 4 is 45.1 Å². The third kappa shape index (κ3) is 2.90. The second kappa shape index (κ2) is 6.35. The largest absolute Gasteiger partial charge is 0.352 e. The molecular weight excluding hydrogens is 342 g/mol. The van der Waals surface area contributed by atoms with Crippen molar-refractivity contribution < 1.29 is 0 Å². The van der Waals surface area contributed by atoms with Gasteiger partial charge in [0.15, 0.2) is 5.84 Å². The molecule has 1 fully saturated rings. The molecular formula is C17H20ClN5S.